The third-order valence-electron chi connectivity index (χ3n) is 1.91. The molecule has 0 saturated heterocycles. The number of rotatable bonds is 3. The molecule has 0 N–H and O–H groups in total. The van der Waals surface area contributed by atoms with Crippen LogP contribution in [0.1, 0.15) is 17.5 Å². The summed E-state index contributed by atoms with van der Waals surface area (Å²) in [5.41, 5.74) is -0.589. The van der Waals surface area contributed by atoms with Crippen molar-refractivity contribution in [1.29, 1.82) is 0 Å². The maximum Gasteiger partial charge on any atom is 0.417 e. The van der Waals surface area contributed by atoms with Gasteiger partial charge in [-0.2, -0.15) is 25.8 Å². The van der Waals surface area contributed by atoms with Crippen LogP contribution in [0, 0.1) is 0 Å². The maximum atomic E-state index is 12.6. The van der Waals surface area contributed by atoms with Gasteiger partial charge in [0, 0.05) is 5.02 Å². The number of halogens is 4. The summed E-state index contributed by atoms with van der Waals surface area (Å²) in [6.45, 7) is 0. The lowest BCUT2D eigenvalue weighted by atomic mass is 10.1. The molecule has 0 fully saturated rings. The van der Waals surface area contributed by atoms with E-state index in [4.69, 9.17) is 11.6 Å². The van der Waals surface area contributed by atoms with E-state index >= 15 is 0 Å². The first kappa shape index (κ1) is 13.5. The predicted molar refractivity (Wildman–Crippen MR) is 64.0 cm³/mol. The number of alkyl halides is 3. The van der Waals surface area contributed by atoms with E-state index in [1.165, 1.54) is 18.2 Å². The fraction of sp³-hybridized carbons (Fsp3) is 0.273. The van der Waals surface area contributed by atoms with E-state index in [0.29, 0.717) is 12.2 Å². The van der Waals surface area contributed by atoms with E-state index in [9.17, 15) is 13.2 Å². The molecule has 0 bridgehead atoms. The van der Waals surface area contributed by atoms with Gasteiger partial charge in [-0.25, -0.2) is 0 Å². The Balaban J connectivity index is 3.08. The van der Waals surface area contributed by atoms with Crippen molar-refractivity contribution in [3.05, 3.63) is 40.4 Å². The molecule has 0 spiro atoms. The summed E-state index contributed by atoms with van der Waals surface area (Å²) in [6.07, 6.45) is -0.657. The summed E-state index contributed by atoms with van der Waals surface area (Å²) in [6, 6.07) is 3.74. The maximum absolute atomic E-state index is 12.6. The molecular formula is C11H10ClF3S. The molecule has 0 radical (unpaired) electrons. The Hall–Kier alpha value is -0.610. The lowest BCUT2D eigenvalue weighted by molar-refractivity contribution is -0.137. The fourth-order valence-electron chi connectivity index (χ4n) is 1.20. The summed E-state index contributed by atoms with van der Waals surface area (Å²) in [4.78, 5) is 0. The molecule has 0 aromatic heterocycles. The van der Waals surface area contributed by atoms with Gasteiger partial charge in [0.1, 0.15) is 0 Å². The fourth-order valence-corrected chi connectivity index (χ4v) is 1.53. The Morgan fingerprint density at radius 1 is 1.31 bits per heavy atom. The van der Waals surface area contributed by atoms with Crippen LogP contribution in [-0.4, -0.2) is 5.75 Å². The SMILES string of the molecule is FC(F)(F)c1cc(Cl)ccc1C=CCCS. The van der Waals surface area contributed by atoms with Gasteiger partial charge in [-0.1, -0.05) is 29.8 Å². The van der Waals surface area contributed by atoms with Gasteiger partial charge >= 0.3 is 6.18 Å². The molecule has 1 aromatic rings. The van der Waals surface area contributed by atoms with E-state index < -0.39 is 11.7 Å². The second-order valence-electron chi connectivity index (χ2n) is 3.14. The van der Waals surface area contributed by atoms with Crippen LogP contribution in [0.4, 0.5) is 13.2 Å². The van der Waals surface area contributed by atoms with Crippen LogP contribution >= 0.6 is 24.2 Å². The Bertz CT molecular complexity index is 385. The topological polar surface area (TPSA) is 0 Å². The lowest BCUT2D eigenvalue weighted by Crippen LogP contribution is -2.07. The van der Waals surface area contributed by atoms with Gasteiger partial charge in [0.05, 0.1) is 5.56 Å². The van der Waals surface area contributed by atoms with Crippen LogP contribution < -0.4 is 0 Å². The van der Waals surface area contributed by atoms with E-state index in [2.05, 4.69) is 12.6 Å². The molecule has 88 valence electrons. The minimum absolute atomic E-state index is 0.0821. The van der Waals surface area contributed by atoms with Crippen molar-refractivity contribution < 1.29 is 13.2 Å². The van der Waals surface area contributed by atoms with Gasteiger partial charge in [-0.3, -0.25) is 0 Å². The van der Waals surface area contributed by atoms with Gasteiger partial charge in [-0.15, -0.1) is 0 Å². The van der Waals surface area contributed by atoms with E-state index in [0.717, 1.165) is 6.07 Å². The number of allylic oxidation sites excluding steroid dienone is 1. The highest BCUT2D eigenvalue weighted by Crippen LogP contribution is 2.34. The minimum Gasteiger partial charge on any atom is -0.179 e. The van der Waals surface area contributed by atoms with Crippen molar-refractivity contribution >= 4 is 30.3 Å². The third kappa shape index (κ3) is 3.76. The molecule has 0 atom stereocenters. The standard InChI is InChI=1S/C11H10ClF3S/c12-9-5-4-8(3-1-2-6-16)10(7-9)11(13,14)15/h1,3-5,7,16H,2,6H2. The molecule has 0 aliphatic heterocycles. The first-order valence-electron chi connectivity index (χ1n) is 4.59. The van der Waals surface area contributed by atoms with E-state index in [1.807, 2.05) is 0 Å². The normalized spacial score (nSPS) is 12.3. The number of benzene rings is 1. The van der Waals surface area contributed by atoms with Crippen LogP contribution in [0.15, 0.2) is 24.3 Å². The second kappa shape index (κ2) is 5.64. The smallest absolute Gasteiger partial charge is 0.179 e. The molecule has 0 aliphatic carbocycles. The first-order valence-corrected chi connectivity index (χ1v) is 5.60. The van der Waals surface area contributed by atoms with Crippen LogP contribution in [0.25, 0.3) is 6.08 Å². The predicted octanol–water partition coefficient (Wildman–Crippen LogP) is 4.69. The van der Waals surface area contributed by atoms with Crippen molar-refractivity contribution in [2.24, 2.45) is 0 Å². The summed E-state index contributed by atoms with van der Waals surface area (Å²) < 4.78 is 37.9. The average molecular weight is 267 g/mol. The van der Waals surface area contributed by atoms with Crippen molar-refractivity contribution in [2.45, 2.75) is 12.6 Å². The van der Waals surface area contributed by atoms with Crippen molar-refractivity contribution in [1.82, 2.24) is 0 Å². The highest BCUT2D eigenvalue weighted by atomic mass is 35.5. The third-order valence-corrected chi connectivity index (χ3v) is 2.41. The second-order valence-corrected chi connectivity index (χ2v) is 4.03. The number of hydrogen-bond acceptors (Lipinski definition) is 1. The first-order chi connectivity index (χ1) is 7.45. The summed E-state index contributed by atoms with van der Waals surface area (Å²) in [5, 5.41) is 0.0821. The minimum atomic E-state index is -4.38. The van der Waals surface area contributed by atoms with Gasteiger partial charge in [0.15, 0.2) is 0 Å². The molecule has 0 aliphatic rings. The van der Waals surface area contributed by atoms with Gasteiger partial charge in [0.25, 0.3) is 0 Å². The molecule has 1 aromatic carbocycles. The van der Waals surface area contributed by atoms with Crippen molar-refractivity contribution in [2.75, 3.05) is 5.75 Å². The highest BCUT2D eigenvalue weighted by molar-refractivity contribution is 7.80. The Morgan fingerprint density at radius 2 is 2.00 bits per heavy atom. The molecule has 5 heteroatoms. The molecule has 0 saturated carbocycles. The van der Waals surface area contributed by atoms with Gasteiger partial charge < -0.3 is 0 Å². The average Bonchev–Trinajstić information content (AvgIpc) is 2.19. The van der Waals surface area contributed by atoms with Crippen LogP contribution in [0.2, 0.25) is 5.02 Å². The van der Waals surface area contributed by atoms with E-state index in [-0.39, 0.29) is 10.6 Å². The molecule has 0 amide bonds. The molecule has 0 unspecified atom stereocenters. The van der Waals surface area contributed by atoms with Crippen LogP contribution in [-0.2, 0) is 6.18 Å². The highest BCUT2D eigenvalue weighted by Gasteiger charge is 2.32. The van der Waals surface area contributed by atoms with Crippen LogP contribution in [0.5, 0.6) is 0 Å². The zero-order valence-corrected chi connectivity index (χ0v) is 9.91. The summed E-state index contributed by atoms with van der Waals surface area (Å²) in [5.74, 6) is 0.603. The Kier molecular flexibility index (Phi) is 4.74. The number of thiol groups is 1. The quantitative estimate of drug-likeness (QED) is 0.754. The van der Waals surface area contributed by atoms with Gasteiger partial charge in [-0.05, 0) is 29.9 Å². The molecular weight excluding hydrogens is 257 g/mol. The Morgan fingerprint density at radius 3 is 2.56 bits per heavy atom. The molecule has 0 nitrogen and oxygen atoms in total. The number of hydrogen-bond donors (Lipinski definition) is 1. The summed E-state index contributed by atoms with van der Waals surface area (Å²) in [7, 11) is 0. The molecule has 1 rings (SSSR count). The monoisotopic (exact) mass is 266 g/mol. The molecule has 16 heavy (non-hydrogen) atoms. The zero-order chi connectivity index (χ0) is 12.2. The zero-order valence-electron chi connectivity index (χ0n) is 8.26. The largest absolute Gasteiger partial charge is 0.417 e. The van der Waals surface area contributed by atoms with Crippen LogP contribution in [0.3, 0.4) is 0 Å². The lowest BCUT2D eigenvalue weighted by Gasteiger charge is -2.10. The van der Waals surface area contributed by atoms with E-state index in [1.54, 1.807) is 6.08 Å². The summed E-state index contributed by atoms with van der Waals surface area (Å²) >= 11 is 9.52. The van der Waals surface area contributed by atoms with Crippen molar-refractivity contribution in [3.63, 3.8) is 0 Å². The van der Waals surface area contributed by atoms with Gasteiger partial charge in [0.2, 0.25) is 0 Å². The molecule has 0 heterocycles. The van der Waals surface area contributed by atoms with Crippen molar-refractivity contribution in [3.8, 4) is 0 Å². The Labute approximate surface area is 103 Å².